The summed E-state index contributed by atoms with van der Waals surface area (Å²) in [6.45, 7) is 0. The standard InChI is InChI=1S/C5F9IO/c6-1(7)2(8,9)4(12,13)16-5(14,15)3(1,10)11. The molecule has 0 aromatic heterocycles. The van der Waals surface area contributed by atoms with Crippen LogP contribution in [0.1, 0.15) is 0 Å². The average Bonchev–Trinajstić information content (AvgIpc) is 1.98. The smallest absolute Gasteiger partial charge is 0.264 e. The van der Waals surface area contributed by atoms with Crippen LogP contribution < -0.4 is 0 Å². The molecule has 0 bridgehead atoms. The van der Waals surface area contributed by atoms with Crippen LogP contribution in [0.15, 0.2) is 0 Å². The molecule has 0 N–H and O–H groups in total. The first-order valence-electron chi connectivity index (χ1n) is 3.30. The van der Waals surface area contributed by atoms with E-state index in [1.165, 1.54) is 0 Å². The predicted octanol–water partition coefficient (Wildman–Crippen LogP) is 3.57. The molecule has 1 nitrogen and oxygen atoms in total. The average molecular weight is 374 g/mol. The summed E-state index contributed by atoms with van der Waals surface area (Å²) >= 11 is -0.231. The molecule has 1 heterocycles. The lowest BCUT2D eigenvalue weighted by Crippen LogP contribution is -2.74. The van der Waals surface area contributed by atoms with Crippen molar-refractivity contribution >= 4 is 22.6 Å². The summed E-state index contributed by atoms with van der Waals surface area (Å²) in [6.07, 6.45) is -6.05. The number of ether oxygens (including phenoxy) is 1. The molecule has 0 spiro atoms. The summed E-state index contributed by atoms with van der Waals surface area (Å²) in [5, 5.41) is 0. The Hall–Kier alpha value is 0.0600. The van der Waals surface area contributed by atoms with Crippen molar-refractivity contribution in [2.75, 3.05) is 0 Å². The van der Waals surface area contributed by atoms with Gasteiger partial charge in [-0.15, -0.1) is 0 Å². The largest absolute Gasteiger partial charge is 0.429 e. The molecule has 0 saturated carbocycles. The number of alkyl halides is 10. The minimum Gasteiger partial charge on any atom is -0.264 e. The highest BCUT2D eigenvalue weighted by Crippen LogP contribution is 2.64. The third kappa shape index (κ3) is 1.36. The Balaban J connectivity index is 3.43. The van der Waals surface area contributed by atoms with Crippen LogP contribution in [0.3, 0.4) is 0 Å². The van der Waals surface area contributed by atoms with Crippen LogP contribution in [-0.2, 0) is 4.74 Å². The van der Waals surface area contributed by atoms with Gasteiger partial charge in [-0.3, -0.25) is 4.74 Å². The maximum Gasteiger partial charge on any atom is 0.429 e. The molecule has 1 fully saturated rings. The summed E-state index contributed by atoms with van der Waals surface area (Å²) in [5.74, 6) is -19.2. The van der Waals surface area contributed by atoms with Gasteiger partial charge in [0.1, 0.15) is 0 Å². The van der Waals surface area contributed by atoms with E-state index in [9.17, 15) is 39.5 Å². The van der Waals surface area contributed by atoms with Gasteiger partial charge in [-0.2, -0.15) is 39.5 Å². The van der Waals surface area contributed by atoms with Crippen molar-refractivity contribution in [2.45, 2.75) is 27.7 Å². The van der Waals surface area contributed by atoms with Crippen molar-refractivity contribution in [3.05, 3.63) is 0 Å². The van der Waals surface area contributed by atoms with Crippen molar-refractivity contribution in [3.63, 3.8) is 0 Å². The predicted molar refractivity (Wildman–Crippen MR) is 38.7 cm³/mol. The summed E-state index contributed by atoms with van der Waals surface area (Å²) in [7, 11) is 0. The van der Waals surface area contributed by atoms with Gasteiger partial charge in [0.25, 0.3) is 0 Å². The fourth-order valence-electron chi connectivity index (χ4n) is 0.852. The van der Waals surface area contributed by atoms with E-state index in [0.717, 1.165) is 0 Å². The molecule has 1 unspecified atom stereocenters. The van der Waals surface area contributed by atoms with E-state index in [4.69, 9.17) is 0 Å². The second-order valence-corrected chi connectivity index (χ2v) is 4.25. The van der Waals surface area contributed by atoms with E-state index in [1.54, 1.807) is 0 Å². The van der Waals surface area contributed by atoms with Gasteiger partial charge in [0, 0.05) is 22.6 Å². The molecule has 0 aliphatic carbocycles. The number of hydrogen-bond donors (Lipinski definition) is 0. The van der Waals surface area contributed by atoms with Gasteiger partial charge in [-0.25, -0.2) is 0 Å². The first kappa shape index (κ1) is 14.1. The molecular weight excluding hydrogens is 374 g/mol. The van der Waals surface area contributed by atoms with Gasteiger partial charge in [-0.1, -0.05) is 0 Å². The van der Waals surface area contributed by atoms with E-state index in [-0.39, 0.29) is 22.6 Å². The Morgan fingerprint density at radius 3 is 1.38 bits per heavy atom. The minimum absolute atomic E-state index is 0.231. The Labute approximate surface area is 95.1 Å². The Bertz CT molecular complexity index is 283. The van der Waals surface area contributed by atoms with Crippen LogP contribution in [-0.4, -0.2) is 27.7 Å². The Morgan fingerprint density at radius 1 is 0.625 bits per heavy atom. The van der Waals surface area contributed by atoms with E-state index in [1.807, 2.05) is 0 Å². The SMILES string of the molecule is FC1(F)OC(F)(I)C(F)(F)C(F)(F)C1(F)F. The molecule has 11 heteroatoms. The number of hydrogen-bond acceptors (Lipinski definition) is 1. The van der Waals surface area contributed by atoms with Gasteiger partial charge in [-0.05, 0) is 0 Å². The van der Waals surface area contributed by atoms with Crippen molar-refractivity contribution < 1.29 is 44.3 Å². The van der Waals surface area contributed by atoms with Crippen molar-refractivity contribution in [1.29, 1.82) is 0 Å². The highest BCUT2D eigenvalue weighted by Gasteiger charge is 2.92. The second kappa shape index (κ2) is 3.09. The fraction of sp³-hybridized carbons (Fsp3) is 1.00. The third-order valence-corrected chi connectivity index (χ3v) is 2.67. The summed E-state index contributed by atoms with van der Waals surface area (Å²) in [4.78, 5) is 0. The molecule has 1 aliphatic heterocycles. The Kier molecular flexibility index (Phi) is 2.72. The number of halogens is 10. The van der Waals surface area contributed by atoms with E-state index in [0.29, 0.717) is 0 Å². The summed E-state index contributed by atoms with van der Waals surface area (Å²) < 4.78 is 109. The zero-order valence-electron chi connectivity index (χ0n) is 6.69. The van der Waals surface area contributed by atoms with Crippen molar-refractivity contribution in [3.8, 4) is 0 Å². The molecule has 0 aromatic carbocycles. The zero-order chi connectivity index (χ0) is 13.2. The summed E-state index contributed by atoms with van der Waals surface area (Å²) in [6, 6.07) is 0. The Morgan fingerprint density at radius 2 is 1.00 bits per heavy atom. The molecule has 0 aromatic rings. The molecule has 0 radical (unpaired) electrons. The lowest BCUT2D eigenvalue weighted by Gasteiger charge is -2.45. The molecule has 1 aliphatic rings. The van der Waals surface area contributed by atoms with Crippen molar-refractivity contribution in [2.24, 2.45) is 0 Å². The molecule has 0 amide bonds. The minimum atomic E-state index is -6.59. The van der Waals surface area contributed by atoms with E-state index >= 15 is 0 Å². The number of rotatable bonds is 0. The molecule has 1 rings (SSSR count). The van der Waals surface area contributed by atoms with Crippen LogP contribution >= 0.6 is 22.6 Å². The molecule has 1 atom stereocenters. The zero-order valence-corrected chi connectivity index (χ0v) is 8.85. The lowest BCUT2D eigenvalue weighted by atomic mass is 10.0. The maximum absolute atomic E-state index is 12.7. The van der Waals surface area contributed by atoms with Gasteiger partial charge >= 0.3 is 27.7 Å². The molecule has 1 saturated heterocycles. The van der Waals surface area contributed by atoms with Gasteiger partial charge in [0.05, 0.1) is 0 Å². The second-order valence-electron chi connectivity index (χ2n) is 2.86. The highest BCUT2D eigenvalue weighted by atomic mass is 127. The van der Waals surface area contributed by atoms with Gasteiger partial charge < -0.3 is 0 Å². The van der Waals surface area contributed by atoms with Gasteiger partial charge in [0.2, 0.25) is 0 Å². The van der Waals surface area contributed by atoms with Crippen LogP contribution in [0.25, 0.3) is 0 Å². The first-order valence-corrected chi connectivity index (χ1v) is 4.38. The molecule has 16 heavy (non-hydrogen) atoms. The highest BCUT2D eigenvalue weighted by molar-refractivity contribution is 14.1. The quantitative estimate of drug-likeness (QED) is 0.358. The van der Waals surface area contributed by atoms with Crippen LogP contribution in [0.4, 0.5) is 39.5 Å². The van der Waals surface area contributed by atoms with Crippen LogP contribution in [0.5, 0.6) is 0 Å². The topological polar surface area (TPSA) is 9.23 Å². The normalized spacial score (nSPS) is 39.4. The van der Waals surface area contributed by atoms with Crippen molar-refractivity contribution in [1.82, 2.24) is 0 Å². The monoisotopic (exact) mass is 374 g/mol. The van der Waals surface area contributed by atoms with E-state index < -0.39 is 27.7 Å². The molecular formula is C5F9IO. The molecule has 96 valence electrons. The van der Waals surface area contributed by atoms with Crippen LogP contribution in [0.2, 0.25) is 0 Å². The van der Waals surface area contributed by atoms with Gasteiger partial charge in [0.15, 0.2) is 0 Å². The third-order valence-electron chi connectivity index (χ3n) is 1.78. The van der Waals surface area contributed by atoms with E-state index in [2.05, 4.69) is 4.74 Å². The first-order chi connectivity index (χ1) is 6.71. The lowest BCUT2D eigenvalue weighted by molar-refractivity contribution is -0.510. The maximum atomic E-state index is 12.7. The van der Waals surface area contributed by atoms with Crippen LogP contribution in [0, 0.1) is 0 Å². The fourth-order valence-corrected chi connectivity index (χ4v) is 1.47. The summed E-state index contributed by atoms with van der Waals surface area (Å²) in [5.41, 5.74) is 0.